The molecular weight excluding hydrogens is 268 g/mol. The fourth-order valence-electron chi connectivity index (χ4n) is 0.858. The molecule has 0 spiro atoms. The van der Waals surface area contributed by atoms with Gasteiger partial charge in [-0.1, -0.05) is 4.98 Å². The number of aromatic nitrogens is 5. The molecule has 2 aromatic rings. The third kappa shape index (κ3) is 1.96. The Morgan fingerprint density at radius 3 is 2.53 bits per heavy atom. The second kappa shape index (κ2) is 3.69. The largest absolute Gasteiger partial charge is 0.491 e. The highest BCUT2D eigenvalue weighted by Gasteiger charge is 2.15. The molecule has 0 N–H and O–H groups in total. The highest BCUT2D eigenvalue weighted by molar-refractivity contribution is 9.10. The summed E-state index contributed by atoms with van der Waals surface area (Å²) in [4.78, 5) is 20.9. The third-order valence-electron chi connectivity index (χ3n) is 1.45. The molecule has 0 aliphatic rings. The van der Waals surface area contributed by atoms with E-state index in [-0.39, 0.29) is 5.95 Å². The second-order valence-electron chi connectivity index (χ2n) is 2.45. The van der Waals surface area contributed by atoms with Crippen LogP contribution in [0.1, 0.15) is 0 Å². The molecule has 0 atom stereocenters. The Bertz CT molecular complexity index is 495. The Morgan fingerprint density at radius 1 is 1.33 bits per heavy atom. The zero-order valence-electron chi connectivity index (χ0n) is 7.11. The van der Waals surface area contributed by atoms with Gasteiger partial charge in [0.05, 0.1) is 4.47 Å². The number of rotatable bonds is 2. The van der Waals surface area contributed by atoms with Gasteiger partial charge >= 0.3 is 5.95 Å². The Morgan fingerprint density at radius 2 is 2.00 bits per heavy atom. The molecule has 0 fully saturated rings. The van der Waals surface area contributed by atoms with Gasteiger partial charge in [-0.15, -0.1) is 4.68 Å². The van der Waals surface area contributed by atoms with E-state index < -0.39 is 10.9 Å². The van der Waals surface area contributed by atoms with E-state index in [0.29, 0.717) is 4.47 Å². The van der Waals surface area contributed by atoms with Crippen LogP contribution in [0.15, 0.2) is 23.2 Å². The minimum Gasteiger partial charge on any atom is -0.390 e. The number of nitro groups is 1. The SMILES string of the molecule is O=[N+]([O-])c1ncn(-c2ncc(Br)cn2)n1. The topological polar surface area (TPSA) is 99.6 Å². The third-order valence-corrected chi connectivity index (χ3v) is 1.86. The summed E-state index contributed by atoms with van der Waals surface area (Å²) in [5.74, 6) is -0.264. The van der Waals surface area contributed by atoms with Crippen LogP contribution in [0.3, 0.4) is 0 Å². The molecule has 0 aliphatic heterocycles. The number of hydrogen-bond donors (Lipinski definition) is 0. The summed E-state index contributed by atoms with van der Waals surface area (Å²) in [6.07, 6.45) is 4.20. The van der Waals surface area contributed by atoms with Crippen molar-refractivity contribution < 1.29 is 4.92 Å². The van der Waals surface area contributed by atoms with Gasteiger partial charge in [0.2, 0.25) is 6.33 Å². The summed E-state index contributed by atoms with van der Waals surface area (Å²) >= 11 is 3.17. The van der Waals surface area contributed by atoms with Gasteiger partial charge in [0.1, 0.15) is 0 Å². The Kier molecular flexibility index (Phi) is 2.37. The van der Waals surface area contributed by atoms with Crippen molar-refractivity contribution in [2.75, 3.05) is 0 Å². The van der Waals surface area contributed by atoms with Gasteiger partial charge in [-0.05, 0) is 20.9 Å². The smallest absolute Gasteiger partial charge is 0.390 e. The average molecular weight is 271 g/mol. The summed E-state index contributed by atoms with van der Waals surface area (Å²) < 4.78 is 1.84. The van der Waals surface area contributed by atoms with Gasteiger partial charge in [-0.2, -0.15) is 0 Å². The quantitative estimate of drug-likeness (QED) is 0.589. The van der Waals surface area contributed by atoms with Crippen LogP contribution in [0.2, 0.25) is 0 Å². The van der Waals surface area contributed by atoms with E-state index in [4.69, 9.17) is 0 Å². The maximum absolute atomic E-state index is 10.3. The highest BCUT2D eigenvalue weighted by atomic mass is 79.9. The molecule has 0 aliphatic carbocycles. The Hall–Kier alpha value is -1.90. The van der Waals surface area contributed by atoms with Crippen molar-refractivity contribution in [3.63, 3.8) is 0 Å². The molecule has 2 rings (SSSR count). The molecule has 0 radical (unpaired) electrons. The summed E-state index contributed by atoms with van der Waals surface area (Å²) in [6, 6.07) is 0. The van der Waals surface area contributed by atoms with Crippen LogP contribution in [0.25, 0.3) is 5.95 Å². The van der Waals surface area contributed by atoms with E-state index in [1.807, 2.05) is 0 Å². The molecule has 0 saturated heterocycles. The van der Waals surface area contributed by atoms with Crippen LogP contribution in [0.4, 0.5) is 5.95 Å². The zero-order chi connectivity index (χ0) is 10.8. The average Bonchev–Trinajstić information content (AvgIpc) is 2.68. The predicted octanol–water partition coefficient (Wildman–Crippen LogP) is 0.728. The predicted molar refractivity (Wildman–Crippen MR) is 51.3 cm³/mol. The summed E-state index contributed by atoms with van der Waals surface area (Å²) in [5.41, 5.74) is 0. The van der Waals surface area contributed by atoms with Gasteiger partial charge in [-0.25, -0.2) is 9.97 Å². The molecule has 76 valence electrons. The first-order valence-corrected chi connectivity index (χ1v) is 4.50. The second-order valence-corrected chi connectivity index (χ2v) is 3.36. The minimum absolute atomic E-state index is 0.221. The summed E-state index contributed by atoms with van der Waals surface area (Å²) in [7, 11) is 0. The molecule has 0 aromatic carbocycles. The van der Waals surface area contributed by atoms with Gasteiger partial charge in [0.25, 0.3) is 5.95 Å². The van der Waals surface area contributed by atoms with E-state index in [0.717, 1.165) is 4.68 Å². The fourth-order valence-corrected chi connectivity index (χ4v) is 1.06. The van der Waals surface area contributed by atoms with Gasteiger partial charge in [0.15, 0.2) is 0 Å². The Balaban J connectivity index is 2.37. The molecule has 2 heterocycles. The lowest BCUT2D eigenvalue weighted by Crippen LogP contribution is -2.01. The van der Waals surface area contributed by atoms with E-state index >= 15 is 0 Å². The monoisotopic (exact) mass is 270 g/mol. The van der Waals surface area contributed by atoms with Crippen LogP contribution in [-0.4, -0.2) is 29.7 Å². The van der Waals surface area contributed by atoms with Crippen LogP contribution in [0.5, 0.6) is 0 Å². The van der Waals surface area contributed by atoms with Gasteiger partial charge in [0, 0.05) is 17.5 Å². The van der Waals surface area contributed by atoms with Crippen LogP contribution < -0.4 is 0 Å². The highest BCUT2D eigenvalue weighted by Crippen LogP contribution is 2.07. The van der Waals surface area contributed by atoms with Crippen molar-refractivity contribution in [1.82, 2.24) is 24.7 Å². The van der Waals surface area contributed by atoms with E-state index in [9.17, 15) is 10.1 Å². The van der Waals surface area contributed by atoms with E-state index in [1.54, 1.807) is 0 Å². The Labute approximate surface area is 91.3 Å². The van der Waals surface area contributed by atoms with Crippen LogP contribution in [-0.2, 0) is 0 Å². The molecule has 0 bridgehead atoms. The number of halogens is 1. The summed E-state index contributed by atoms with van der Waals surface area (Å²) in [6.45, 7) is 0. The molecule has 8 nitrogen and oxygen atoms in total. The lowest BCUT2D eigenvalue weighted by Gasteiger charge is -1.92. The minimum atomic E-state index is -0.685. The maximum atomic E-state index is 10.3. The first-order chi connectivity index (χ1) is 7.16. The van der Waals surface area contributed by atoms with Crippen LogP contribution in [0, 0.1) is 10.1 Å². The van der Waals surface area contributed by atoms with Crippen molar-refractivity contribution in [2.45, 2.75) is 0 Å². The van der Waals surface area contributed by atoms with Crippen molar-refractivity contribution >= 4 is 21.9 Å². The van der Waals surface area contributed by atoms with Crippen molar-refractivity contribution in [3.05, 3.63) is 33.3 Å². The van der Waals surface area contributed by atoms with Crippen molar-refractivity contribution in [2.24, 2.45) is 0 Å². The van der Waals surface area contributed by atoms with E-state index in [2.05, 4.69) is 36.0 Å². The molecular formula is C6H3BrN6O2. The van der Waals surface area contributed by atoms with Gasteiger partial charge in [-0.3, -0.25) is 0 Å². The maximum Gasteiger partial charge on any atom is 0.491 e. The molecule has 0 saturated carbocycles. The number of hydrogen-bond acceptors (Lipinski definition) is 6. The lowest BCUT2D eigenvalue weighted by molar-refractivity contribution is -0.394. The zero-order valence-corrected chi connectivity index (χ0v) is 8.70. The summed E-state index contributed by atoms with van der Waals surface area (Å²) in [5, 5.41) is 13.9. The number of nitrogens with zero attached hydrogens (tertiary/aromatic N) is 6. The van der Waals surface area contributed by atoms with Crippen LogP contribution >= 0.6 is 15.9 Å². The lowest BCUT2D eigenvalue weighted by atomic mass is 10.7. The first-order valence-electron chi connectivity index (χ1n) is 3.71. The van der Waals surface area contributed by atoms with Crippen molar-refractivity contribution in [1.29, 1.82) is 0 Å². The molecule has 15 heavy (non-hydrogen) atoms. The standard InChI is InChI=1S/C6H3BrN6O2/c7-4-1-8-5(9-2-4)12-3-10-6(11-12)13(14)15/h1-3H. The molecule has 2 aromatic heterocycles. The van der Waals surface area contributed by atoms with Gasteiger partial charge < -0.3 is 10.1 Å². The van der Waals surface area contributed by atoms with Crippen molar-refractivity contribution in [3.8, 4) is 5.95 Å². The molecule has 9 heteroatoms. The fraction of sp³-hybridized carbons (Fsp3) is 0. The first kappa shape index (κ1) is 9.65. The van der Waals surface area contributed by atoms with E-state index in [1.165, 1.54) is 18.7 Å². The normalized spacial score (nSPS) is 10.2. The molecule has 0 amide bonds. The molecule has 0 unspecified atom stereocenters.